The zero-order valence-corrected chi connectivity index (χ0v) is 17.9. The molecule has 0 saturated carbocycles. The fraction of sp³-hybridized carbons (Fsp3) is 0.231. The van der Waals surface area contributed by atoms with Gasteiger partial charge in [0, 0.05) is 22.9 Å². The molecule has 0 amide bonds. The molecule has 0 radical (unpaired) electrons. The van der Waals surface area contributed by atoms with Crippen LogP contribution in [-0.4, -0.2) is 17.3 Å². The van der Waals surface area contributed by atoms with E-state index in [1.54, 1.807) is 7.11 Å². The smallest absolute Gasteiger partial charge is 0.156 e. The molecular formula is C26H27N3O. The number of hydrogen-bond donors (Lipinski definition) is 1. The van der Waals surface area contributed by atoms with Crippen LogP contribution in [-0.2, 0) is 12.0 Å². The highest BCUT2D eigenvalue weighted by Crippen LogP contribution is 2.31. The highest BCUT2D eigenvalue weighted by atomic mass is 16.5. The van der Waals surface area contributed by atoms with Crippen molar-refractivity contribution in [3.8, 4) is 17.0 Å². The van der Waals surface area contributed by atoms with E-state index in [2.05, 4.69) is 72.7 Å². The number of methoxy groups -OCH3 is 1. The van der Waals surface area contributed by atoms with Gasteiger partial charge < -0.3 is 10.1 Å². The molecule has 30 heavy (non-hydrogen) atoms. The Bertz CT molecular complexity index is 1140. The summed E-state index contributed by atoms with van der Waals surface area (Å²) < 4.78 is 5.23. The van der Waals surface area contributed by atoms with Crippen molar-refractivity contribution in [3.63, 3.8) is 0 Å². The van der Waals surface area contributed by atoms with E-state index < -0.39 is 0 Å². The summed E-state index contributed by atoms with van der Waals surface area (Å²) in [5, 5.41) is 14.7. The Labute approximate surface area is 177 Å². The molecule has 0 spiro atoms. The van der Waals surface area contributed by atoms with Crippen LogP contribution in [0.3, 0.4) is 0 Å². The third-order valence-electron chi connectivity index (χ3n) is 5.33. The Hall–Kier alpha value is -3.40. The molecule has 1 aromatic heterocycles. The molecule has 4 nitrogen and oxygen atoms in total. The van der Waals surface area contributed by atoms with E-state index in [1.807, 2.05) is 36.4 Å². The number of benzene rings is 3. The van der Waals surface area contributed by atoms with Crippen LogP contribution < -0.4 is 10.1 Å². The molecular weight excluding hydrogens is 370 g/mol. The third-order valence-corrected chi connectivity index (χ3v) is 5.33. The summed E-state index contributed by atoms with van der Waals surface area (Å²) in [5.74, 6) is 1.64. The van der Waals surface area contributed by atoms with Crippen molar-refractivity contribution in [1.29, 1.82) is 0 Å². The summed E-state index contributed by atoms with van der Waals surface area (Å²) in [6.45, 7) is 7.34. The second-order valence-electron chi connectivity index (χ2n) is 8.47. The van der Waals surface area contributed by atoms with Crippen LogP contribution in [0.25, 0.3) is 22.0 Å². The van der Waals surface area contributed by atoms with Gasteiger partial charge in [-0.15, -0.1) is 10.2 Å². The molecule has 0 saturated heterocycles. The average molecular weight is 398 g/mol. The molecule has 0 unspecified atom stereocenters. The van der Waals surface area contributed by atoms with E-state index in [0.717, 1.165) is 39.2 Å². The van der Waals surface area contributed by atoms with Gasteiger partial charge in [0.25, 0.3) is 0 Å². The first-order valence-electron chi connectivity index (χ1n) is 10.2. The lowest BCUT2D eigenvalue weighted by atomic mass is 9.86. The van der Waals surface area contributed by atoms with Gasteiger partial charge in [-0.05, 0) is 28.7 Å². The molecule has 4 heteroatoms. The molecule has 0 atom stereocenters. The first-order chi connectivity index (χ1) is 14.5. The topological polar surface area (TPSA) is 47.0 Å². The lowest BCUT2D eigenvalue weighted by Crippen LogP contribution is -2.10. The Morgan fingerprint density at radius 3 is 2.10 bits per heavy atom. The minimum absolute atomic E-state index is 0.126. The van der Waals surface area contributed by atoms with E-state index in [-0.39, 0.29) is 5.41 Å². The zero-order chi connectivity index (χ0) is 21.1. The van der Waals surface area contributed by atoms with Crippen molar-refractivity contribution in [2.75, 3.05) is 12.4 Å². The largest absolute Gasteiger partial charge is 0.497 e. The van der Waals surface area contributed by atoms with Crippen molar-refractivity contribution in [3.05, 3.63) is 83.9 Å². The van der Waals surface area contributed by atoms with Crippen molar-refractivity contribution < 1.29 is 4.74 Å². The van der Waals surface area contributed by atoms with Crippen LogP contribution in [0.15, 0.2) is 72.8 Å². The number of fused-ring (bicyclic) bond motifs is 1. The number of anilines is 1. The van der Waals surface area contributed by atoms with E-state index in [4.69, 9.17) is 4.74 Å². The summed E-state index contributed by atoms with van der Waals surface area (Å²) in [7, 11) is 1.67. The lowest BCUT2D eigenvalue weighted by molar-refractivity contribution is 0.414. The van der Waals surface area contributed by atoms with Gasteiger partial charge in [-0.25, -0.2) is 0 Å². The monoisotopic (exact) mass is 397 g/mol. The quantitative estimate of drug-likeness (QED) is 0.434. The van der Waals surface area contributed by atoms with Gasteiger partial charge in [0.2, 0.25) is 0 Å². The van der Waals surface area contributed by atoms with Gasteiger partial charge >= 0.3 is 0 Å². The molecule has 0 bridgehead atoms. The zero-order valence-electron chi connectivity index (χ0n) is 17.9. The molecule has 0 aliphatic heterocycles. The van der Waals surface area contributed by atoms with Gasteiger partial charge in [-0.3, -0.25) is 0 Å². The van der Waals surface area contributed by atoms with Crippen molar-refractivity contribution in [2.45, 2.75) is 32.7 Å². The highest BCUT2D eigenvalue weighted by molar-refractivity contribution is 6.00. The SMILES string of the molecule is COc1ccc(CNc2nnc(-c3ccc(C(C)(C)C)cc3)c3ccccc23)cc1. The second kappa shape index (κ2) is 8.15. The van der Waals surface area contributed by atoms with E-state index in [9.17, 15) is 0 Å². The van der Waals surface area contributed by atoms with Crippen molar-refractivity contribution in [1.82, 2.24) is 10.2 Å². The van der Waals surface area contributed by atoms with Gasteiger partial charge in [-0.1, -0.05) is 81.4 Å². The second-order valence-corrected chi connectivity index (χ2v) is 8.47. The average Bonchev–Trinajstić information content (AvgIpc) is 2.77. The van der Waals surface area contributed by atoms with Crippen LogP contribution in [0.5, 0.6) is 5.75 Å². The van der Waals surface area contributed by atoms with Gasteiger partial charge in [0.15, 0.2) is 5.82 Å². The summed E-state index contributed by atoms with van der Waals surface area (Å²) in [5.41, 5.74) is 4.57. The van der Waals surface area contributed by atoms with Crippen LogP contribution in [0.2, 0.25) is 0 Å². The number of hydrogen-bond acceptors (Lipinski definition) is 4. The van der Waals surface area contributed by atoms with Crippen LogP contribution >= 0.6 is 0 Å². The van der Waals surface area contributed by atoms with Crippen molar-refractivity contribution in [2.24, 2.45) is 0 Å². The Kier molecular flexibility index (Phi) is 5.40. The molecule has 1 N–H and O–H groups in total. The van der Waals surface area contributed by atoms with E-state index in [0.29, 0.717) is 6.54 Å². The molecule has 0 fully saturated rings. The number of nitrogens with one attached hydrogen (secondary N) is 1. The summed E-state index contributed by atoms with van der Waals surface area (Å²) in [6, 6.07) is 24.9. The van der Waals surface area contributed by atoms with Gasteiger partial charge in [0.1, 0.15) is 11.4 Å². The summed E-state index contributed by atoms with van der Waals surface area (Å²) in [4.78, 5) is 0. The molecule has 3 aromatic carbocycles. The maximum Gasteiger partial charge on any atom is 0.156 e. The molecule has 4 aromatic rings. The predicted octanol–water partition coefficient (Wildman–Crippen LogP) is 6.22. The molecule has 1 heterocycles. The Morgan fingerprint density at radius 1 is 0.800 bits per heavy atom. The number of nitrogens with zero attached hydrogens (tertiary/aromatic N) is 2. The van der Waals surface area contributed by atoms with Crippen LogP contribution in [0.1, 0.15) is 31.9 Å². The number of ether oxygens (including phenoxy) is 1. The lowest BCUT2D eigenvalue weighted by Gasteiger charge is -2.19. The van der Waals surface area contributed by atoms with Crippen molar-refractivity contribution >= 4 is 16.6 Å². The maximum absolute atomic E-state index is 5.23. The van der Waals surface area contributed by atoms with Crippen LogP contribution in [0, 0.1) is 0 Å². The van der Waals surface area contributed by atoms with Gasteiger partial charge in [-0.2, -0.15) is 0 Å². The van der Waals surface area contributed by atoms with E-state index >= 15 is 0 Å². The first-order valence-corrected chi connectivity index (χ1v) is 10.2. The number of aromatic nitrogens is 2. The molecule has 4 rings (SSSR count). The predicted molar refractivity (Wildman–Crippen MR) is 124 cm³/mol. The van der Waals surface area contributed by atoms with Gasteiger partial charge in [0.05, 0.1) is 7.11 Å². The fourth-order valence-electron chi connectivity index (χ4n) is 3.50. The summed E-state index contributed by atoms with van der Waals surface area (Å²) in [6.07, 6.45) is 0. The molecule has 152 valence electrons. The molecule has 0 aliphatic rings. The minimum atomic E-state index is 0.126. The third kappa shape index (κ3) is 4.13. The minimum Gasteiger partial charge on any atom is -0.497 e. The Morgan fingerprint density at radius 2 is 1.47 bits per heavy atom. The summed E-state index contributed by atoms with van der Waals surface area (Å²) >= 11 is 0. The fourth-order valence-corrected chi connectivity index (χ4v) is 3.50. The molecule has 0 aliphatic carbocycles. The standard InChI is InChI=1S/C26H27N3O/c1-26(2,3)20-13-11-19(12-14-20)24-22-7-5-6-8-23(22)25(29-28-24)27-17-18-9-15-21(30-4)16-10-18/h5-16H,17H2,1-4H3,(H,27,29). The maximum atomic E-state index is 5.23. The Balaban J connectivity index is 1.64. The normalized spacial score (nSPS) is 11.5. The highest BCUT2D eigenvalue weighted by Gasteiger charge is 2.15. The number of rotatable bonds is 5. The van der Waals surface area contributed by atoms with E-state index in [1.165, 1.54) is 5.56 Å². The first kappa shape index (κ1) is 19.9. The van der Waals surface area contributed by atoms with Crippen LogP contribution in [0.4, 0.5) is 5.82 Å².